The molecule has 2 rings (SSSR count). The Bertz CT molecular complexity index is 930. The van der Waals surface area contributed by atoms with Crippen molar-refractivity contribution in [3.05, 3.63) is 26.9 Å². The zero-order chi connectivity index (χ0) is 20.8. The number of alkyl halides is 1. The van der Waals surface area contributed by atoms with Gasteiger partial charge in [-0.3, -0.25) is 14.1 Å². The van der Waals surface area contributed by atoms with Gasteiger partial charge in [-0.15, -0.1) is 0 Å². The van der Waals surface area contributed by atoms with Crippen molar-refractivity contribution in [1.29, 1.82) is 0 Å². The number of nitrogens with zero attached hydrogens (tertiary/aromatic N) is 1. The molecule has 1 aliphatic heterocycles. The van der Waals surface area contributed by atoms with Crippen LogP contribution >= 0.6 is 27.9 Å². The number of hydrogen-bond donors (Lipinski definition) is 6. The fourth-order valence-electron chi connectivity index (χ4n) is 2.19. The van der Waals surface area contributed by atoms with E-state index < -0.39 is 52.2 Å². The highest BCUT2D eigenvalue weighted by atomic mass is 32.1. The van der Waals surface area contributed by atoms with E-state index in [4.69, 9.17) is 31.6 Å². The van der Waals surface area contributed by atoms with Crippen LogP contribution in [0.4, 0.5) is 4.39 Å². The molecule has 1 saturated heterocycles. The van der Waals surface area contributed by atoms with Gasteiger partial charge in [-0.25, -0.2) is 18.3 Å². The maximum Gasteiger partial charge on any atom is 0.481 e. The van der Waals surface area contributed by atoms with Crippen molar-refractivity contribution in [2.24, 2.45) is 0 Å². The highest BCUT2D eigenvalue weighted by Gasteiger charge is 2.57. The number of hydrogen-bond acceptors (Lipinski definition) is 9. The van der Waals surface area contributed by atoms with Crippen molar-refractivity contribution < 1.29 is 52.0 Å². The fourth-order valence-corrected chi connectivity index (χ4v) is 3.94. The van der Waals surface area contributed by atoms with Gasteiger partial charge in [-0.05, 0) is 6.92 Å². The van der Waals surface area contributed by atoms with Gasteiger partial charge in [-0.1, -0.05) is 12.2 Å². The van der Waals surface area contributed by atoms with Gasteiger partial charge in [0.15, 0.2) is 6.23 Å². The Morgan fingerprint density at radius 1 is 1.41 bits per heavy atom. The average Bonchev–Trinajstić information content (AvgIpc) is 2.72. The predicted octanol–water partition coefficient (Wildman–Crippen LogP) is -0.643. The molecule has 0 amide bonds. The average molecular weight is 452 g/mol. The van der Waals surface area contributed by atoms with Gasteiger partial charge in [0.05, 0.1) is 0 Å². The first-order valence-corrected chi connectivity index (χ1v) is 10.4. The summed E-state index contributed by atoms with van der Waals surface area (Å²) < 4.78 is 49.9. The van der Waals surface area contributed by atoms with E-state index in [2.05, 4.69) is 13.8 Å². The first-order chi connectivity index (χ1) is 12.2. The molecule has 13 nitrogen and oxygen atoms in total. The third kappa shape index (κ3) is 5.16. The van der Waals surface area contributed by atoms with Crippen molar-refractivity contribution in [3.8, 4) is 0 Å². The van der Waals surface area contributed by atoms with Crippen LogP contribution in [0.25, 0.3) is 0 Å². The van der Waals surface area contributed by atoms with Crippen LogP contribution in [0.2, 0.25) is 0 Å². The standard InChI is InChI=1S/C10H15FN2O11P2S/c1-4-2-13(9(16)12-7(4)27)8-5(14)6(15)10(11,23-8)3-22-26(20,21)24-25(17,18)19/h2,5-6,8,14-15H,3H2,1H3,(H,20,21)(H,12,16,27)(H2,17,18,19)/t5-,6+,8-,10-/m1/s1. The number of phosphoric acid groups is 2. The molecule has 1 aliphatic rings. The van der Waals surface area contributed by atoms with Crippen LogP contribution in [0.1, 0.15) is 11.8 Å². The van der Waals surface area contributed by atoms with E-state index in [1.54, 1.807) is 0 Å². The molecule has 0 aliphatic carbocycles. The number of phosphoric ester groups is 1. The smallest absolute Gasteiger partial charge is 0.385 e. The summed E-state index contributed by atoms with van der Waals surface area (Å²) in [4.78, 5) is 40.3. The number of nitrogens with one attached hydrogen (secondary N) is 1. The molecule has 17 heteroatoms. The second kappa shape index (κ2) is 7.54. The lowest BCUT2D eigenvalue weighted by Crippen LogP contribution is -2.43. The van der Waals surface area contributed by atoms with E-state index in [-0.39, 0.29) is 4.64 Å². The number of rotatable bonds is 6. The Kier molecular flexibility index (Phi) is 6.27. The molecule has 1 fully saturated rings. The first kappa shape index (κ1) is 22.5. The Labute approximate surface area is 154 Å². The number of halogens is 1. The molecule has 6 N–H and O–H groups in total. The summed E-state index contributed by atoms with van der Waals surface area (Å²) >= 11 is 4.85. The van der Waals surface area contributed by atoms with Crippen LogP contribution in [0.15, 0.2) is 11.0 Å². The van der Waals surface area contributed by atoms with E-state index >= 15 is 0 Å². The van der Waals surface area contributed by atoms with Crippen molar-refractivity contribution in [2.75, 3.05) is 6.61 Å². The lowest BCUT2D eigenvalue weighted by atomic mass is 10.1. The molecule has 0 saturated carbocycles. The maximum atomic E-state index is 14.8. The third-order valence-electron chi connectivity index (χ3n) is 3.43. The van der Waals surface area contributed by atoms with E-state index in [0.717, 1.165) is 6.20 Å². The molecule has 5 atom stereocenters. The molecular formula is C10H15FN2O11P2S. The molecular weight excluding hydrogens is 437 g/mol. The Hall–Kier alpha value is -0.830. The number of H-pyrrole nitrogens is 1. The van der Waals surface area contributed by atoms with Crippen LogP contribution in [0.5, 0.6) is 0 Å². The quantitative estimate of drug-likeness (QED) is 0.236. The van der Waals surface area contributed by atoms with Crippen molar-refractivity contribution >= 4 is 27.9 Å². The second-order valence-electron chi connectivity index (χ2n) is 5.52. The lowest BCUT2D eigenvalue weighted by Gasteiger charge is -2.23. The number of aromatic nitrogens is 2. The van der Waals surface area contributed by atoms with E-state index in [0.29, 0.717) is 10.1 Å². The van der Waals surface area contributed by atoms with Gasteiger partial charge in [0.2, 0.25) is 0 Å². The summed E-state index contributed by atoms with van der Waals surface area (Å²) in [5.41, 5.74) is -0.540. The monoisotopic (exact) mass is 452 g/mol. The first-order valence-electron chi connectivity index (χ1n) is 6.94. The van der Waals surface area contributed by atoms with Crippen molar-refractivity contribution in [3.63, 3.8) is 0 Å². The van der Waals surface area contributed by atoms with Crippen molar-refractivity contribution in [1.82, 2.24) is 9.55 Å². The van der Waals surface area contributed by atoms with Crippen molar-refractivity contribution in [2.45, 2.75) is 31.2 Å². The predicted molar refractivity (Wildman–Crippen MR) is 85.5 cm³/mol. The van der Waals surface area contributed by atoms with E-state index in [9.17, 15) is 28.5 Å². The number of aliphatic hydroxyl groups is 2. The summed E-state index contributed by atoms with van der Waals surface area (Å²) in [6, 6.07) is 0. The van der Waals surface area contributed by atoms with Gasteiger partial charge in [0.25, 0.3) is 5.85 Å². The number of aliphatic hydroxyl groups excluding tert-OH is 2. The topological polar surface area (TPSA) is 201 Å². The summed E-state index contributed by atoms with van der Waals surface area (Å²) in [6.45, 7) is -0.0636. The number of aromatic amines is 1. The molecule has 0 aromatic carbocycles. The van der Waals surface area contributed by atoms with Gasteiger partial charge < -0.3 is 29.6 Å². The van der Waals surface area contributed by atoms with E-state index in [1.807, 2.05) is 0 Å². The fraction of sp³-hybridized carbons (Fsp3) is 0.600. The Balaban J connectivity index is 2.24. The van der Waals surface area contributed by atoms with Crippen LogP contribution < -0.4 is 5.69 Å². The molecule has 0 bridgehead atoms. The maximum absolute atomic E-state index is 14.8. The van der Waals surface area contributed by atoms with Crippen LogP contribution in [0, 0.1) is 11.6 Å². The lowest BCUT2D eigenvalue weighted by molar-refractivity contribution is -0.205. The molecule has 154 valence electrons. The molecule has 1 aromatic rings. The third-order valence-corrected chi connectivity index (χ3v) is 5.98. The van der Waals surface area contributed by atoms with Gasteiger partial charge >= 0.3 is 21.3 Å². The van der Waals surface area contributed by atoms with Crippen LogP contribution in [-0.4, -0.2) is 59.1 Å². The normalized spacial score (nSPS) is 31.0. The summed E-state index contributed by atoms with van der Waals surface area (Å²) in [7, 11) is -10.9. The van der Waals surface area contributed by atoms with Crippen LogP contribution in [-0.2, 0) is 22.7 Å². The summed E-state index contributed by atoms with van der Waals surface area (Å²) in [5.74, 6) is -3.32. The van der Waals surface area contributed by atoms with E-state index in [1.165, 1.54) is 6.92 Å². The minimum atomic E-state index is -5.45. The summed E-state index contributed by atoms with van der Waals surface area (Å²) in [5, 5.41) is 19.8. The van der Waals surface area contributed by atoms with Gasteiger partial charge in [0.1, 0.15) is 23.5 Å². The molecule has 1 aromatic heterocycles. The molecule has 1 unspecified atom stereocenters. The van der Waals surface area contributed by atoms with Gasteiger partial charge in [-0.2, -0.15) is 4.31 Å². The minimum absolute atomic E-state index is 0.0786. The Morgan fingerprint density at radius 2 is 2.00 bits per heavy atom. The molecule has 0 radical (unpaired) electrons. The minimum Gasteiger partial charge on any atom is -0.385 e. The summed E-state index contributed by atoms with van der Waals surface area (Å²) in [6.07, 6.45) is -5.01. The SMILES string of the molecule is Cc1cn([C@@H]2O[C@](F)(COP(=O)(O)OP(=O)(O)O)[C@@H](O)[C@H]2O)c(=O)[nH]c1=S. The Morgan fingerprint density at radius 3 is 2.56 bits per heavy atom. The largest absolute Gasteiger partial charge is 0.481 e. The molecule has 2 heterocycles. The number of aryl methyl sites for hydroxylation is 1. The van der Waals surface area contributed by atoms with Crippen LogP contribution in [0.3, 0.4) is 0 Å². The molecule has 27 heavy (non-hydrogen) atoms. The highest BCUT2D eigenvalue weighted by molar-refractivity contribution is 7.71. The highest BCUT2D eigenvalue weighted by Crippen LogP contribution is 2.58. The number of ether oxygens (including phenoxy) is 1. The zero-order valence-electron chi connectivity index (χ0n) is 13.3. The molecule has 0 spiro atoms. The zero-order valence-corrected chi connectivity index (χ0v) is 15.9. The second-order valence-corrected chi connectivity index (χ2v) is 8.76. The van der Waals surface area contributed by atoms with Gasteiger partial charge in [0, 0.05) is 11.8 Å².